The summed E-state index contributed by atoms with van der Waals surface area (Å²) in [5.41, 5.74) is -1.12. The number of anilines is 1. The van der Waals surface area contributed by atoms with E-state index >= 15 is 0 Å². The summed E-state index contributed by atoms with van der Waals surface area (Å²) in [6.07, 6.45) is 0. The van der Waals surface area contributed by atoms with Gasteiger partial charge >= 0.3 is 11.7 Å². The number of carbonyl (C=O) groups is 1. The fraction of sp³-hybridized carbons (Fsp3) is 0.500. The summed E-state index contributed by atoms with van der Waals surface area (Å²) in [5, 5.41) is 14.0. The molecule has 1 aromatic carbocycles. The van der Waals surface area contributed by atoms with Crippen molar-refractivity contribution in [1.82, 2.24) is 0 Å². The smallest absolute Gasteiger partial charge is 0.338 e. The Morgan fingerprint density at radius 1 is 1.55 bits per heavy atom. The van der Waals surface area contributed by atoms with Crippen molar-refractivity contribution in [2.45, 2.75) is 19.9 Å². The summed E-state index contributed by atoms with van der Waals surface area (Å²) >= 11 is 0. The van der Waals surface area contributed by atoms with E-state index in [1.807, 2.05) is 13.8 Å². The van der Waals surface area contributed by atoms with Crippen LogP contribution in [0.3, 0.4) is 0 Å². The van der Waals surface area contributed by atoms with Gasteiger partial charge in [-0.2, -0.15) is 4.39 Å². The molecule has 8 heteroatoms. The maximum absolute atomic E-state index is 14.0. The quantitative estimate of drug-likeness (QED) is 0.521. The van der Waals surface area contributed by atoms with Crippen molar-refractivity contribution < 1.29 is 23.6 Å². The number of hydrogen-bond donors (Lipinski definition) is 1. The second-order valence-electron chi connectivity index (χ2n) is 5.80. The van der Waals surface area contributed by atoms with E-state index in [1.165, 1.54) is 6.07 Å². The van der Waals surface area contributed by atoms with E-state index in [1.54, 1.807) is 0 Å². The third-order valence-corrected chi connectivity index (χ3v) is 3.70. The standard InChI is InChI=1S/C14H17FN2O5/c1-14(2)7-22-6-11(14)16-10-5-8(13(18)21-3)4-9(15)12(10)17(19)20/h4-5,11,16H,6-7H2,1-3H3. The Kier molecular flexibility index (Phi) is 4.32. The van der Waals surface area contributed by atoms with Crippen LogP contribution in [0.15, 0.2) is 12.1 Å². The highest BCUT2D eigenvalue weighted by Crippen LogP contribution is 2.35. The Hall–Kier alpha value is -2.22. The lowest BCUT2D eigenvalue weighted by atomic mass is 9.87. The summed E-state index contributed by atoms with van der Waals surface area (Å²) < 4.78 is 23.9. The summed E-state index contributed by atoms with van der Waals surface area (Å²) in [4.78, 5) is 21.8. The molecule has 0 amide bonds. The van der Waals surface area contributed by atoms with Crippen molar-refractivity contribution in [1.29, 1.82) is 0 Å². The molecule has 0 radical (unpaired) electrons. The van der Waals surface area contributed by atoms with Crippen LogP contribution in [-0.4, -0.2) is 37.3 Å². The molecule has 1 aromatic rings. The minimum Gasteiger partial charge on any atom is -0.465 e. The number of esters is 1. The average Bonchev–Trinajstić information content (AvgIpc) is 2.76. The van der Waals surface area contributed by atoms with E-state index < -0.39 is 22.4 Å². The number of nitro groups is 1. The molecule has 22 heavy (non-hydrogen) atoms. The molecule has 0 aromatic heterocycles. The van der Waals surface area contributed by atoms with Gasteiger partial charge in [-0.05, 0) is 12.1 Å². The topological polar surface area (TPSA) is 90.7 Å². The molecule has 1 unspecified atom stereocenters. The van der Waals surface area contributed by atoms with Crippen LogP contribution in [0.4, 0.5) is 15.8 Å². The molecule has 1 fully saturated rings. The van der Waals surface area contributed by atoms with Gasteiger partial charge < -0.3 is 14.8 Å². The molecule has 0 spiro atoms. The molecule has 0 bridgehead atoms. The Morgan fingerprint density at radius 3 is 2.73 bits per heavy atom. The van der Waals surface area contributed by atoms with E-state index in [4.69, 9.17) is 4.74 Å². The van der Waals surface area contributed by atoms with Crippen LogP contribution in [0.25, 0.3) is 0 Å². The number of methoxy groups -OCH3 is 1. The Balaban J connectivity index is 2.45. The van der Waals surface area contributed by atoms with Gasteiger partial charge in [0.15, 0.2) is 0 Å². The summed E-state index contributed by atoms with van der Waals surface area (Å²) in [5.74, 6) is -1.86. The third-order valence-electron chi connectivity index (χ3n) is 3.70. The van der Waals surface area contributed by atoms with Gasteiger partial charge in [-0.15, -0.1) is 0 Å². The molecule has 7 nitrogen and oxygen atoms in total. The lowest BCUT2D eigenvalue weighted by molar-refractivity contribution is -0.386. The largest absolute Gasteiger partial charge is 0.465 e. The highest BCUT2D eigenvalue weighted by Gasteiger charge is 2.37. The van der Waals surface area contributed by atoms with Gasteiger partial charge in [0.1, 0.15) is 5.69 Å². The van der Waals surface area contributed by atoms with E-state index in [9.17, 15) is 19.3 Å². The van der Waals surface area contributed by atoms with Crippen molar-refractivity contribution in [3.63, 3.8) is 0 Å². The maximum Gasteiger partial charge on any atom is 0.338 e. The number of nitrogens with zero attached hydrogens (tertiary/aromatic N) is 1. The van der Waals surface area contributed by atoms with Gasteiger partial charge in [-0.25, -0.2) is 4.79 Å². The van der Waals surface area contributed by atoms with Crippen molar-refractivity contribution in [2.75, 3.05) is 25.6 Å². The summed E-state index contributed by atoms with van der Waals surface area (Å²) in [7, 11) is 1.16. The van der Waals surface area contributed by atoms with E-state index in [-0.39, 0.29) is 22.7 Å². The second kappa shape index (κ2) is 5.88. The van der Waals surface area contributed by atoms with Crippen molar-refractivity contribution in [3.05, 3.63) is 33.6 Å². The van der Waals surface area contributed by atoms with Crippen molar-refractivity contribution >= 4 is 17.3 Å². The molecule has 1 saturated heterocycles. The lowest BCUT2D eigenvalue weighted by Gasteiger charge is -2.26. The van der Waals surface area contributed by atoms with Gasteiger partial charge in [0, 0.05) is 5.41 Å². The summed E-state index contributed by atoms with van der Waals surface area (Å²) in [6, 6.07) is 1.78. The number of ether oxygens (including phenoxy) is 2. The highest BCUT2D eigenvalue weighted by atomic mass is 19.1. The predicted molar refractivity (Wildman–Crippen MR) is 76.4 cm³/mol. The zero-order valence-electron chi connectivity index (χ0n) is 12.5. The van der Waals surface area contributed by atoms with Crippen LogP contribution in [0.5, 0.6) is 0 Å². The number of carbonyl (C=O) groups excluding carboxylic acids is 1. The SMILES string of the molecule is COC(=O)c1cc(F)c([N+](=O)[O-])c(NC2COCC2(C)C)c1. The molecule has 0 aliphatic carbocycles. The molecule has 1 N–H and O–H groups in total. The van der Waals surface area contributed by atoms with Crippen LogP contribution >= 0.6 is 0 Å². The van der Waals surface area contributed by atoms with Gasteiger partial charge in [0.25, 0.3) is 0 Å². The minimum atomic E-state index is -1.09. The van der Waals surface area contributed by atoms with Crippen molar-refractivity contribution in [2.24, 2.45) is 5.41 Å². The van der Waals surface area contributed by atoms with Crippen LogP contribution in [0, 0.1) is 21.3 Å². The molecule has 0 saturated carbocycles. The maximum atomic E-state index is 14.0. The zero-order valence-corrected chi connectivity index (χ0v) is 12.5. The Labute approximate surface area is 126 Å². The lowest BCUT2D eigenvalue weighted by Crippen LogP contribution is -2.35. The number of benzene rings is 1. The molecule has 1 atom stereocenters. The molecule has 1 heterocycles. The number of halogens is 1. The average molecular weight is 312 g/mol. The number of nitro benzene ring substituents is 1. The van der Waals surface area contributed by atoms with Crippen LogP contribution < -0.4 is 5.32 Å². The molecular weight excluding hydrogens is 295 g/mol. The molecule has 120 valence electrons. The number of hydrogen-bond acceptors (Lipinski definition) is 6. The first-order valence-electron chi connectivity index (χ1n) is 6.67. The first-order valence-corrected chi connectivity index (χ1v) is 6.67. The monoisotopic (exact) mass is 312 g/mol. The van der Waals surface area contributed by atoms with Crippen LogP contribution in [-0.2, 0) is 9.47 Å². The van der Waals surface area contributed by atoms with E-state index in [0.29, 0.717) is 13.2 Å². The first-order chi connectivity index (χ1) is 10.3. The number of nitrogens with one attached hydrogen (secondary N) is 1. The number of rotatable bonds is 4. The highest BCUT2D eigenvalue weighted by molar-refractivity contribution is 5.91. The second-order valence-corrected chi connectivity index (χ2v) is 5.80. The Bertz CT molecular complexity index is 617. The fourth-order valence-electron chi connectivity index (χ4n) is 2.32. The van der Waals surface area contributed by atoms with Crippen molar-refractivity contribution in [3.8, 4) is 0 Å². The first kappa shape index (κ1) is 16.2. The molecular formula is C14H17FN2O5. The minimum absolute atomic E-state index is 0.0611. The van der Waals surface area contributed by atoms with Crippen LogP contribution in [0.2, 0.25) is 0 Å². The zero-order chi connectivity index (χ0) is 16.5. The van der Waals surface area contributed by atoms with Gasteiger partial charge in [-0.3, -0.25) is 10.1 Å². The predicted octanol–water partition coefficient (Wildman–Crippen LogP) is 2.36. The van der Waals surface area contributed by atoms with Gasteiger partial charge in [-0.1, -0.05) is 13.8 Å². The van der Waals surface area contributed by atoms with Gasteiger partial charge in [0.2, 0.25) is 5.82 Å². The summed E-state index contributed by atoms with van der Waals surface area (Å²) in [6.45, 7) is 4.69. The fourth-order valence-corrected chi connectivity index (χ4v) is 2.32. The third kappa shape index (κ3) is 3.01. The van der Waals surface area contributed by atoms with E-state index in [2.05, 4.69) is 10.1 Å². The molecule has 1 aliphatic heterocycles. The molecule has 2 rings (SSSR count). The normalized spacial score (nSPS) is 19.7. The van der Waals surface area contributed by atoms with Gasteiger partial charge in [0.05, 0.1) is 36.9 Å². The van der Waals surface area contributed by atoms with E-state index in [0.717, 1.165) is 13.2 Å². The molecule has 1 aliphatic rings. The van der Waals surface area contributed by atoms with Crippen LogP contribution in [0.1, 0.15) is 24.2 Å². The Morgan fingerprint density at radius 2 is 2.23 bits per heavy atom.